The van der Waals surface area contributed by atoms with Crippen LogP contribution in [0.25, 0.3) is 0 Å². The first-order valence-electron chi connectivity index (χ1n) is 12.2. The average molecular weight is 492 g/mol. The highest BCUT2D eigenvalue weighted by atomic mass is 16.6. The first kappa shape index (κ1) is 27.0. The molecule has 1 atom stereocenters. The number of allylic oxidation sites excluding steroid dienone is 1. The van der Waals surface area contributed by atoms with Gasteiger partial charge in [0.2, 0.25) is 5.91 Å². The van der Waals surface area contributed by atoms with E-state index < -0.39 is 0 Å². The van der Waals surface area contributed by atoms with Gasteiger partial charge in [0.05, 0.1) is 78.6 Å². The Hall–Kier alpha value is -2.60. The summed E-state index contributed by atoms with van der Waals surface area (Å²) < 4.78 is 23.7. The second-order valence-corrected chi connectivity index (χ2v) is 8.66. The van der Waals surface area contributed by atoms with E-state index in [4.69, 9.17) is 18.9 Å². The Balaban J connectivity index is 1.08. The number of ether oxygens (including phenoxy) is 4. The number of nitrogens with zero attached hydrogens (tertiary/aromatic N) is 5. The molecule has 1 aromatic heterocycles. The predicted molar refractivity (Wildman–Crippen MR) is 127 cm³/mol. The third-order valence-electron chi connectivity index (χ3n) is 5.75. The summed E-state index contributed by atoms with van der Waals surface area (Å²) in [5, 5.41) is 8.14. The molecule has 2 aliphatic rings. The largest absolute Gasteiger partial charge is 0.379 e. The third kappa shape index (κ3) is 9.52. The number of carbonyl (C=O) groups is 2. The van der Waals surface area contributed by atoms with E-state index >= 15 is 0 Å². The lowest BCUT2D eigenvalue weighted by molar-refractivity contribution is -0.131. The Morgan fingerprint density at radius 3 is 2.29 bits per heavy atom. The first-order chi connectivity index (χ1) is 17.0. The summed E-state index contributed by atoms with van der Waals surface area (Å²) >= 11 is 0. The summed E-state index contributed by atoms with van der Waals surface area (Å²) in [4.78, 5) is 27.2. The van der Waals surface area contributed by atoms with Crippen LogP contribution in [0.4, 0.5) is 0 Å². The molecule has 194 valence electrons. The van der Waals surface area contributed by atoms with Gasteiger partial charge in [0.1, 0.15) is 5.69 Å². The van der Waals surface area contributed by atoms with Crippen molar-refractivity contribution < 1.29 is 28.5 Å². The standard InChI is InChI=1S/C24H37N5O6/c1-20-5-7-27(17-20)23(30)6-9-32-11-13-34-15-16-35-14-12-33-10-8-28-18-22(25-26-28)19-29-21(2)3-4-24(29)31/h3-4,18,20H,2,5-17,19H2,1H3/t20-/m0/s1. The SMILES string of the molecule is C=C1C=CC(=O)N1Cc1cn(CCOCCOCCOCCOCCC(=O)N2CC[C@H](C)C2)nn1. The topological polar surface area (TPSA) is 108 Å². The van der Waals surface area contributed by atoms with Gasteiger partial charge < -0.3 is 28.7 Å². The molecule has 0 unspecified atom stereocenters. The maximum absolute atomic E-state index is 12.0. The normalized spacial score (nSPS) is 17.8. The fourth-order valence-corrected chi connectivity index (χ4v) is 3.75. The molecule has 35 heavy (non-hydrogen) atoms. The minimum Gasteiger partial charge on any atom is -0.379 e. The van der Waals surface area contributed by atoms with Gasteiger partial charge in [-0.1, -0.05) is 18.7 Å². The number of hydrogen-bond donors (Lipinski definition) is 0. The molecule has 0 bridgehead atoms. The van der Waals surface area contributed by atoms with Crippen molar-refractivity contribution >= 4 is 11.8 Å². The van der Waals surface area contributed by atoms with Crippen LogP contribution in [0.1, 0.15) is 25.5 Å². The van der Waals surface area contributed by atoms with E-state index in [0.717, 1.165) is 19.5 Å². The third-order valence-corrected chi connectivity index (χ3v) is 5.75. The lowest BCUT2D eigenvalue weighted by atomic mass is 10.2. The highest BCUT2D eigenvalue weighted by molar-refractivity contribution is 5.92. The van der Waals surface area contributed by atoms with Crippen molar-refractivity contribution in [2.75, 3.05) is 65.9 Å². The quantitative estimate of drug-likeness (QED) is 0.297. The predicted octanol–water partition coefficient (Wildman–Crippen LogP) is 1.02. The fraction of sp³-hybridized carbons (Fsp3) is 0.667. The molecular weight excluding hydrogens is 454 g/mol. The zero-order chi connectivity index (χ0) is 24.9. The minimum absolute atomic E-state index is 0.0951. The molecule has 1 aromatic rings. The van der Waals surface area contributed by atoms with Crippen LogP contribution in [0.5, 0.6) is 0 Å². The average Bonchev–Trinajstić information content (AvgIpc) is 3.56. The van der Waals surface area contributed by atoms with E-state index in [1.165, 1.54) is 6.08 Å². The van der Waals surface area contributed by atoms with E-state index in [1.807, 2.05) is 4.90 Å². The molecule has 2 amide bonds. The molecular formula is C24H37N5O6. The lowest BCUT2D eigenvalue weighted by Crippen LogP contribution is -2.29. The molecule has 3 rings (SSSR count). The molecule has 11 heteroatoms. The van der Waals surface area contributed by atoms with Crippen LogP contribution >= 0.6 is 0 Å². The van der Waals surface area contributed by atoms with E-state index in [2.05, 4.69) is 23.8 Å². The lowest BCUT2D eigenvalue weighted by Gasteiger charge is -2.15. The van der Waals surface area contributed by atoms with Crippen molar-refractivity contribution in [2.45, 2.75) is 32.9 Å². The molecule has 3 heterocycles. The second kappa shape index (κ2) is 14.7. The smallest absolute Gasteiger partial charge is 0.251 e. The monoisotopic (exact) mass is 491 g/mol. The van der Waals surface area contributed by atoms with Crippen molar-refractivity contribution in [3.63, 3.8) is 0 Å². The summed E-state index contributed by atoms with van der Waals surface area (Å²) in [6.07, 6.45) is 6.50. The van der Waals surface area contributed by atoms with Crippen molar-refractivity contribution in [3.05, 3.63) is 36.3 Å². The van der Waals surface area contributed by atoms with Gasteiger partial charge in [-0.05, 0) is 18.4 Å². The van der Waals surface area contributed by atoms with E-state index in [-0.39, 0.29) is 11.8 Å². The summed E-state index contributed by atoms with van der Waals surface area (Å²) in [6.45, 7) is 12.4. The highest BCUT2D eigenvalue weighted by Crippen LogP contribution is 2.16. The van der Waals surface area contributed by atoms with Gasteiger partial charge in [0, 0.05) is 24.9 Å². The van der Waals surface area contributed by atoms with Crippen LogP contribution in [0.3, 0.4) is 0 Å². The van der Waals surface area contributed by atoms with Crippen molar-refractivity contribution in [3.8, 4) is 0 Å². The number of amides is 2. The zero-order valence-electron chi connectivity index (χ0n) is 20.6. The minimum atomic E-state index is -0.0951. The van der Waals surface area contributed by atoms with Crippen LogP contribution in [0.2, 0.25) is 0 Å². The molecule has 1 saturated heterocycles. The summed E-state index contributed by atoms with van der Waals surface area (Å²) in [7, 11) is 0. The Morgan fingerprint density at radius 2 is 1.69 bits per heavy atom. The van der Waals surface area contributed by atoms with Gasteiger partial charge in [0.15, 0.2) is 0 Å². The maximum Gasteiger partial charge on any atom is 0.251 e. The van der Waals surface area contributed by atoms with Gasteiger partial charge in [-0.15, -0.1) is 5.10 Å². The number of rotatable bonds is 17. The molecule has 0 aliphatic carbocycles. The van der Waals surface area contributed by atoms with Crippen molar-refractivity contribution in [1.29, 1.82) is 0 Å². The van der Waals surface area contributed by atoms with E-state index in [9.17, 15) is 9.59 Å². The summed E-state index contributed by atoms with van der Waals surface area (Å²) in [5.74, 6) is 0.688. The maximum atomic E-state index is 12.0. The molecule has 0 radical (unpaired) electrons. The van der Waals surface area contributed by atoms with Crippen LogP contribution in [-0.2, 0) is 41.6 Å². The van der Waals surface area contributed by atoms with E-state index in [0.29, 0.717) is 89.7 Å². The molecule has 0 saturated carbocycles. The number of aromatic nitrogens is 3. The Bertz CT molecular complexity index is 839. The Labute approximate surface area is 206 Å². The van der Waals surface area contributed by atoms with Gasteiger partial charge in [0.25, 0.3) is 5.91 Å². The Kier molecular flexibility index (Phi) is 11.4. The van der Waals surface area contributed by atoms with Gasteiger partial charge >= 0.3 is 0 Å². The van der Waals surface area contributed by atoms with E-state index in [1.54, 1.807) is 21.9 Å². The number of hydrogen-bond acceptors (Lipinski definition) is 8. The van der Waals surface area contributed by atoms with Crippen molar-refractivity contribution in [1.82, 2.24) is 24.8 Å². The summed E-state index contributed by atoms with van der Waals surface area (Å²) in [5.41, 5.74) is 1.35. The van der Waals surface area contributed by atoms with Crippen LogP contribution in [-0.4, -0.2) is 103 Å². The van der Waals surface area contributed by atoms with Crippen LogP contribution in [0.15, 0.2) is 30.6 Å². The van der Waals surface area contributed by atoms with Crippen molar-refractivity contribution in [2.24, 2.45) is 5.92 Å². The molecule has 1 fully saturated rings. The fourth-order valence-electron chi connectivity index (χ4n) is 3.75. The molecule has 0 N–H and O–H groups in total. The Morgan fingerprint density at radius 1 is 1.03 bits per heavy atom. The molecule has 2 aliphatic heterocycles. The molecule has 0 aromatic carbocycles. The number of carbonyl (C=O) groups excluding carboxylic acids is 2. The number of likely N-dealkylation sites (tertiary alicyclic amines) is 1. The molecule has 11 nitrogen and oxygen atoms in total. The van der Waals surface area contributed by atoms with Gasteiger partial charge in [-0.3, -0.25) is 9.59 Å². The van der Waals surface area contributed by atoms with Gasteiger partial charge in [-0.25, -0.2) is 4.68 Å². The summed E-state index contributed by atoms with van der Waals surface area (Å²) in [6, 6.07) is 0. The molecule has 0 spiro atoms. The first-order valence-corrected chi connectivity index (χ1v) is 12.2. The van der Waals surface area contributed by atoms with Crippen LogP contribution < -0.4 is 0 Å². The second-order valence-electron chi connectivity index (χ2n) is 8.66. The highest BCUT2D eigenvalue weighted by Gasteiger charge is 2.22. The zero-order valence-corrected chi connectivity index (χ0v) is 20.6. The van der Waals surface area contributed by atoms with Crippen LogP contribution in [0, 0.1) is 5.92 Å². The van der Waals surface area contributed by atoms with Gasteiger partial charge in [-0.2, -0.15) is 0 Å².